The Bertz CT molecular complexity index is 1010. The van der Waals surface area contributed by atoms with Crippen LogP contribution in [0.15, 0.2) is 47.0 Å². The fraction of sp³-hybridized carbons (Fsp3) is 0.211. The first-order chi connectivity index (χ1) is 13.0. The summed E-state index contributed by atoms with van der Waals surface area (Å²) in [5.74, 6) is 0.565. The van der Waals surface area contributed by atoms with Crippen LogP contribution in [-0.4, -0.2) is 29.7 Å². The van der Waals surface area contributed by atoms with Crippen molar-refractivity contribution in [3.63, 3.8) is 0 Å². The number of methoxy groups -OCH3 is 1. The van der Waals surface area contributed by atoms with E-state index in [0.717, 1.165) is 5.56 Å². The Labute approximate surface area is 159 Å². The molecular formula is C19H15ClFN3O3. The van der Waals surface area contributed by atoms with E-state index in [1.54, 1.807) is 13.2 Å². The molecule has 1 aliphatic rings. The lowest BCUT2D eigenvalue weighted by Gasteiger charge is -2.17. The van der Waals surface area contributed by atoms with Gasteiger partial charge in [0.05, 0.1) is 17.8 Å². The number of halogens is 2. The standard InChI is InChI=1S/C19H15ClFN3O3/c1-26-14-4-2-3-11(7-14)19-22-18(23-27-19)12-8-17(25)24(10-12)16-9-13(21)5-6-15(16)20/h2-7,9,12H,8,10H2,1H3. The van der Waals surface area contributed by atoms with Gasteiger partial charge < -0.3 is 14.2 Å². The first-order valence-corrected chi connectivity index (χ1v) is 8.66. The van der Waals surface area contributed by atoms with Crippen LogP contribution in [0.25, 0.3) is 11.5 Å². The Morgan fingerprint density at radius 1 is 1.30 bits per heavy atom. The van der Waals surface area contributed by atoms with Crippen molar-refractivity contribution in [3.8, 4) is 17.2 Å². The first kappa shape index (κ1) is 17.5. The zero-order chi connectivity index (χ0) is 19.0. The van der Waals surface area contributed by atoms with Gasteiger partial charge in [-0.15, -0.1) is 0 Å². The van der Waals surface area contributed by atoms with Gasteiger partial charge in [0.15, 0.2) is 5.82 Å². The zero-order valence-corrected chi connectivity index (χ0v) is 15.1. The summed E-state index contributed by atoms with van der Waals surface area (Å²) >= 11 is 6.13. The van der Waals surface area contributed by atoms with Crippen LogP contribution in [0.2, 0.25) is 5.02 Å². The van der Waals surface area contributed by atoms with Crippen LogP contribution >= 0.6 is 11.6 Å². The quantitative estimate of drug-likeness (QED) is 0.675. The first-order valence-electron chi connectivity index (χ1n) is 8.28. The summed E-state index contributed by atoms with van der Waals surface area (Å²) in [6.45, 7) is 0.305. The van der Waals surface area contributed by atoms with Crippen molar-refractivity contribution in [1.82, 2.24) is 10.1 Å². The van der Waals surface area contributed by atoms with Crippen LogP contribution in [0, 0.1) is 5.82 Å². The number of carbonyl (C=O) groups is 1. The molecule has 4 rings (SSSR count). The molecule has 0 saturated carbocycles. The monoisotopic (exact) mass is 387 g/mol. The van der Waals surface area contributed by atoms with Crippen molar-refractivity contribution >= 4 is 23.2 Å². The van der Waals surface area contributed by atoms with Crippen LogP contribution in [0.1, 0.15) is 18.2 Å². The highest BCUT2D eigenvalue weighted by Crippen LogP contribution is 2.35. The number of ether oxygens (including phenoxy) is 1. The summed E-state index contributed by atoms with van der Waals surface area (Å²) in [5.41, 5.74) is 1.07. The molecule has 1 aromatic heterocycles. The Balaban J connectivity index is 1.58. The van der Waals surface area contributed by atoms with Crippen LogP contribution in [0.4, 0.5) is 10.1 Å². The van der Waals surface area contributed by atoms with E-state index in [4.69, 9.17) is 20.9 Å². The molecule has 2 heterocycles. The Morgan fingerprint density at radius 3 is 2.96 bits per heavy atom. The molecule has 0 aliphatic carbocycles. The van der Waals surface area contributed by atoms with E-state index < -0.39 is 5.82 Å². The predicted molar refractivity (Wildman–Crippen MR) is 97.4 cm³/mol. The van der Waals surface area contributed by atoms with E-state index in [2.05, 4.69) is 10.1 Å². The predicted octanol–water partition coefficient (Wildman–Crippen LogP) is 4.06. The van der Waals surface area contributed by atoms with Gasteiger partial charge in [-0.1, -0.05) is 22.8 Å². The molecule has 138 valence electrons. The highest BCUT2D eigenvalue weighted by Gasteiger charge is 2.35. The lowest BCUT2D eigenvalue weighted by molar-refractivity contribution is -0.117. The summed E-state index contributed by atoms with van der Waals surface area (Å²) in [4.78, 5) is 18.3. The van der Waals surface area contributed by atoms with Gasteiger partial charge in [-0.2, -0.15) is 4.98 Å². The Kier molecular flexibility index (Phi) is 4.53. The van der Waals surface area contributed by atoms with Crippen LogP contribution in [-0.2, 0) is 4.79 Å². The summed E-state index contributed by atoms with van der Waals surface area (Å²) in [6, 6.07) is 11.2. The van der Waals surface area contributed by atoms with E-state index >= 15 is 0 Å². The molecule has 1 unspecified atom stereocenters. The Hall–Kier alpha value is -2.93. The van der Waals surface area contributed by atoms with Gasteiger partial charge in [-0.05, 0) is 36.4 Å². The maximum absolute atomic E-state index is 13.6. The molecule has 27 heavy (non-hydrogen) atoms. The van der Waals surface area contributed by atoms with E-state index in [-0.39, 0.29) is 18.2 Å². The minimum Gasteiger partial charge on any atom is -0.497 e. The van der Waals surface area contributed by atoms with Crippen molar-refractivity contribution in [2.24, 2.45) is 0 Å². The third-order valence-corrected chi connectivity index (χ3v) is 4.77. The second-order valence-corrected chi connectivity index (χ2v) is 6.60. The molecule has 6 nitrogen and oxygen atoms in total. The zero-order valence-electron chi connectivity index (χ0n) is 14.4. The molecule has 1 saturated heterocycles. The van der Waals surface area contributed by atoms with Gasteiger partial charge in [0, 0.05) is 24.4 Å². The lowest BCUT2D eigenvalue weighted by atomic mass is 10.1. The summed E-state index contributed by atoms with van der Waals surface area (Å²) in [6.07, 6.45) is 0.198. The maximum atomic E-state index is 13.6. The van der Waals surface area contributed by atoms with Gasteiger partial charge in [0.1, 0.15) is 11.6 Å². The minimum atomic E-state index is -0.453. The van der Waals surface area contributed by atoms with Crippen LogP contribution in [0.5, 0.6) is 5.75 Å². The molecule has 0 bridgehead atoms. The topological polar surface area (TPSA) is 68.5 Å². The third kappa shape index (κ3) is 3.38. The molecule has 2 aromatic carbocycles. The molecular weight excluding hydrogens is 373 g/mol. The molecule has 1 fully saturated rings. The summed E-state index contributed by atoms with van der Waals surface area (Å²) in [7, 11) is 1.58. The molecule has 1 amide bonds. The second kappa shape index (κ2) is 7.00. The number of carbonyl (C=O) groups excluding carboxylic acids is 1. The van der Waals surface area contributed by atoms with Gasteiger partial charge >= 0.3 is 0 Å². The number of hydrogen-bond acceptors (Lipinski definition) is 5. The molecule has 0 radical (unpaired) electrons. The van der Waals surface area contributed by atoms with Crippen LogP contribution in [0.3, 0.4) is 0 Å². The van der Waals surface area contributed by atoms with Crippen molar-refractivity contribution in [3.05, 3.63) is 59.1 Å². The van der Waals surface area contributed by atoms with E-state index in [1.165, 1.54) is 23.1 Å². The molecule has 3 aromatic rings. The average Bonchev–Trinajstić information content (AvgIpc) is 3.31. The SMILES string of the molecule is COc1cccc(-c2nc(C3CC(=O)N(c4cc(F)ccc4Cl)C3)no2)c1. The number of anilines is 1. The van der Waals surface area contributed by atoms with E-state index in [1.807, 2.05) is 18.2 Å². The van der Waals surface area contributed by atoms with E-state index in [0.29, 0.717) is 34.7 Å². The van der Waals surface area contributed by atoms with Gasteiger partial charge in [-0.25, -0.2) is 4.39 Å². The fourth-order valence-electron chi connectivity index (χ4n) is 3.08. The van der Waals surface area contributed by atoms with Crippen molar-refractivity contribution < 1.29 is 18.4 Å². The summed E-state index contributed by atoms with van der Waals surface area (Å²) in [5, 5.41) is 4.34. The van der Waals surface area contributed by atoms with Crippen LogP contribution < -0.4 is 9.64 Å². The number of aromatic nitrogens is 2. The summed E-state index contributed by atoms with van der Waals surface area (Å²) < 4.78 is 24.1. The lowest BCUT2D eigenvalue weighted by Crippen LogP contribution is -2.24. The van der Waals surface area contributed by atoms with Gasteiger partial charge in [0.25, 0.3) is 5.89 Å². The number of benzene rings is 2. The normalized spacial score (nSPS) is 16.8. The molecule has 1 aliphatic heterocycles. The van der Waals surface area contributed by atoms with Crippen molar-refractivity contribution in [2.75, 3.05) is 18.6 Å². The minimum absolute atomic E-state index is 0.166. The number of amides is 1. The number of rotatable bonds is 4. The largest absolute Gasteiger partial charge is 0.497 e. The second-order valence-electron chi connectivity index (χ2n) is 6.19. The smallest absolute Gasteiger partial charge is 0.258 e. The molecule has 0 N–H and O–H groups in total. The van der Waals surface area contributed by atoms with E-state index in [9.17, 15) is 9.18 Å². The highest BCUT2D eigenvalue weighted by molar-refractivity contribution is 6.33. The van der Waals surface area contributed by atoms with Gasteiger partial charge in [0.2, 0.25) is 5.91 Å². The average molecular weight is 388 g/mol. The van der Waals surface area contributed by atoms with Crippen molar-refractivity contribution in [2.45, 2.75) is 12.3 Å². The molecule has 1 atom stereocenters. The molecule has 8 heteroatoms. The highest BCUT2D eigenvalue weighted by atomic mass is 35.5. The Morgan fingerprint density at radius 2 is 2.15 bits per heavy atom. The molecule has 0 spiro atoms. The third-order valence-electron chi connectivity index (χ3n) is 4.45. The van der Waals surface area contributed by atoms with Crippen molar-refractivity contribution in [1.29, 1.82) is 0 Å². The maximum Gasteiger partial charge on any atom is 0.258 e. The fourth-order valence-corrected chi connectivity index (χ4v) is 3.30. The number of nitrogens with zero attached hydrogens (tertiary/aromatic N) is 3. The number of hydrogen-bond donors (Lipinski definition) is 0. The van der Waals surface area contributed by atoms with Gasteiger partial charge in [-0.3, -0.25) is 4.79 Å².